The van der Waals surface area contributed by atoms with Crippen molar-refractivity contribution in [3.8, 4) is 0 Å². The number of carbonyl (C=O) groups excluding carboxylic acids is 1. The Bertz CT molecular complexity index is 291. The number of hydrogen-bond donors (Lipinski definition) is 0. The van der Waals surface area contributed by atoms with Crippen LogP contribution in [0.25, 0.3) is 0 Å². The molecular formula is C10H16N2O. The van der Waals surface area contributed by atoms with Crippen LogP contribution in [-0.4, -0.2) is 15.6 Å². The van der Waals surface area contributed by atoms with Crippen LogP contribution >= 0.6 is 0 Å². The molecule has 0 fully saturated rings. The van der Waals surface area contributed by atoms with Crippen LogP contribution < -0.4 is 0 Å². The maximum absolute atomic E-state index is 11.5. The fourth-order valence-electron chi connectivity index (χ4n) is 1.14. The molecule has 3 heteroatoms. The summed E-state index contributed by atoms with van der Waals surface area (Å²) in [6, 6.07) is 1.89. The fourth-order valence-corrected chi connectivity index (χ4v) is 1.14. The Hall–Kier alpha value is -1.12. The highest BCUT2D eigenvalue weighted by Gasteiger charge is 2.12. The van der Waals surface area contributed by atoms with Gasteiger partial charge in [-0.2, -0.15) is 5.10 Å². The van der Waals surface area contributed by atoms with Crippen LogP contribution in [-0.2, 0) is 18.3 Å². The van der Waals surface area contributed by atoms with Gasteiger partial charge < -0.3 is 0 Å². The molecule has 0 N–H and O–H groups in total. The van der Waals surface area contributed by atoms with Crippen molar-refractivity contribution in [3.05, 3.63) is 18.0 Å². The summed E-state index contributed by atoms with van der Waals surface area (Å²) in [7, 11) is 1.86. The fraction of sp³-hybridized carbons (Fsp3) is 0.600. The summed E-state index contributed by atoms with van der Waals surface area (Å²) in [5, 5.41) is 4.16. The van der Waals surface area contributed by atoms with Gasteiger partial charge in [0.15, 0.2) is 0 Å². The molecule has 0 aromatic carbocycles. The number of aromatic nitrogens is 2. The van der Waals surface area contributed by atoms with Gasteiger partial charge in [0.25, 0.3) is 0 Å². The van der Waals surface area contributed by atoms with Gasteiger partial charge >= 0.3 is 0 Å². The molecule has 0 saturated heterocycles. The minimum absolute atomic E-state index is 0.155. The normalized spacial score (nSPS) is 12.8. The summed E-state index contributed by atoms with van der Waals surface area (Å²) >= 11 is 0. The first-order valence-electron chi connectivity index (χ1n) is 4.64. The third kappa shape index (κ3) is 2.68. The van der Waals surface area contributed by atoms with E-state index in [0.29, 0.717) is 6.42 Å². The van der Waals surface area contributed by atoms with E-state index in [1.807, 2.05) is 33.2 Å². The monoisotopic (exact) mass is 180 g/mol. The van der Waals surface area contributed by atoms with Gasteiger partial charge in [0.2, 0.25) is 0 Å². The first-order chi connectivity index (χ1) is 6.13. The lowest BCUT2D eigenvalue weighted by Gasteiger charge is -2.04. The molecule has 1 rings (SSSR count). The highest BCUT2D eigenvalue weighted by atomic mass is 16.1. The molecule has 0 aliphatic heterocycles. The lowest BCUT2D eigenvalue weighted by Crippen LogP contribution is -2.13. The van der Waals surface area contributed by atoms with Crippen LogP contribution in [0.4, 0.5) is 0 Å². The zero-order valence-electron chi connectivity index (χ0n) is 8.45. The molecule has 13 heavy (non-hydrogen) atoms. The Balaban J connectivity index is 2.54. The first kappa shape index (κ1) is 9.96. The van der Waals surface area contributed by atoms with E-state index in [1.54, 1.807) is 4.68 Å². The average Bonchev–Trinajstić information content (AvgIpc) is 2.49. The van der Waals surface area contributed by atoms with Gasteiger partial charge in [-0.15, -0.1) is 0 Å². The number of aryl methyl sites for hydroxylation is 1. The second kappa shape index (κ2) is 4.21. The second-order valence-corrected chi connectivity index (χ2v) is 3.43. The molecule has 0 bridgehead atoms. The lowest BCUT2D eigenvalue weighted by molar-refractivity contribution is -0.121. The van der Waals surface area contributed by atoms with Gasteiger partial charge in [0.1, 0.15) is 5.78 Å². The van der Waals surface area contributed by atoms with E-state index in [1.165, 1.54) is 0 Å². The molecule has 1 unspecified atom stereocenters. The van der Waals surface area contributed by atoms with Crippen LogP contribution in [0.3, 0.4) is 0 Å². The molecule has 0 aliphatic rings. The smallest absolute Gasteiger partial charge is 0.141 e. The van der Waals surface area contributed by atoms with Crippen molar-refractivity contribution in [2.24, 2.45) is 13.0 Å². The van der Waals surface area contributed by atoms with Crippen LogP contribution in [0.2, 0.25) is 0 Å². The number of rotatable bonds is 4. The van der Waals surface area contributed by atoms with Crippen molar-refractivity contribution >= 4 is 5.78 Å². The van der Waals surface area contributed by atoms with E-state index in [-0.39, 0.29) is 11.7 Å². The topological polar surface area (TPSA) is 34.9 Å². The highest BCUT2D eigenvalue weighted by molar-refractivity contribution is 5.82. The largest absolute Gasteiger partial charge is 0.299 e. The average molecular weight is 180 g/mol. The molecule has 3 nitrogen and oxygen atoms in total. The van der Waals surface area contributed by atoms with Crippen molar-refractivity contribution in [3.63, 3.8) is 0 Å². The highest BCUT2D eigenvalue weighted by Crippen LogP contribution is 2.06. The SMILES string of the molecule is CCC(C)C(=O)Cc1ccn(C)n1. The van der Waals surface area contributed by atoms with Gasteiger partial charge in [0.05, 0.1) is 12.1 Å². The van der Waals surface area contributed by atoms with Gasteiger partial charge in [-0.1, -0.05) is 13.8 Å². The number of hydrogen-bond acceptors (Lipinski definition) is 2. The third-order valence-electron chi connectivity index (χ3n) is 2.29. The summed E-state index contributed by atoms with van der Waals surface area (Å²) in [5.41, 5.74) is 0.868. The van der Waals surface area contributed by atoms with E-state index in [9.17, 15) is 4.79 Å². The second-order valence-electron chi connectivity index (χ2n) is 3.43. The zero-order chi connectivity index (χ0) is 9.84. The lowest BCUT2D eigenvalue weighted by atomic mass is 10.0. The minimum atomic E-state index is 0.155. The van der Waals surface area contributed by atoms with Gasteiger partial charge in [-0.05, 0) is 12.5 Å². The first-order valence-corrected chi connectivity index (χ1v) is 4.64. The van der Waals surface area contributed by atoms with Crippen molar-refractivity contribution in [1.29, 1.82) is 0 Å². The predicted molar refractivity (Wildman–Crippen MR) is 51.4 cm³/mol. The predicted octanol–water partition coefficient (Wildman–Crippen LogP) is 1.58. The molecule has 0 amide bonds. The van der Waals surface area contributed by atoms with Gasteiger partial charge in [-0.3, -0.25) is 9.48 Å². The number of Topliss-reactive ketones (excluding diaryl/α,β-unsaturated/α-hetero) is 1. The Morgan fingerprint density at radius 2 is 2.38 bits per heavy atom. The molecule has 0 spiro atoms. The molecule has 0 aliphatic carbocycles. The standard InChI is InChI=1S/C10H16N2O/c1-4-8(2)10(13)7-9-5-6-12(3)11-9/h5-6,8H,4,7H2,1-3H3. The molecule has 1 aromatic rings. The van der Waals surface area contributed by atoms with Crippen LogP contribution in [0.1, 0.15) is 26.0 Å². The van der Waals surface area contributed by atoms with Gasteiger partial charge in [-0.25, -0.2) is 0 Å². The van der Waals surface area contributed by atoms with Crippen molar-refractivity contribution < 1.29 is 4.79 Å². The van der Waals surface area contributed by atoms with E-state index >= 15 is 0 Å². The Morgan fingerprint density at radius 3 is 2.85 bits per heavy atom. The van der Waals surface area contributed by atoms with E-state index in [4.69, 9.17) is 0 Å². The van der Waals surface area contributed by atoms with Crippen molar-refractivity contribution in [2.45, 2.75) is 26.7 Å². The number of nitrogens with zero attached hydrogens (tertiary/aromatic N) is 2. The molecule has 1 atom stereocenters. The van der Waals surface area contributed by atoms with E-state index < -0.39 is 0 Å². The Kier molecular flexibility index (Phi) is 3.23. The van der Waals surface area contributed by atoms with Gasteiger partial charge in [0, 0.05) is 19.2 Å². The minimum Gasteiger partial charge on any atom is -0.299 e. The Labute approximate surface area is 78.8 Å². The van der Waals surface area contributed by atoms with Crippen LogP contribution in [0, 0.1) is 5.92 Å². The summed E-state index contributed by atoms with van der Waals surface area (Å²) in [6.45, 7) is 3.99. The molecule has 1 heterocycles. The zero-order valence-corrected chi connectivity index (χ0v) is 8.45. The molecule has 0 radical (unpaired) electrons. The van der Waals surface area contributed by atoms with E-state index in [2.05, 4.69) is 5.10 Å². The molecule has 0 saturated carbocycles. The van der Waals surface area contributed by atoms with Crippen LogP contribution in [0.15, 0.2) is 12.3 Å². The Morgan fingerprint density at radius 1 is 1.69 bits per heavy atom. The van der Waals surface area contributed by atoms with E-state index in [0.717, 1.165) is 12.1 Å². The summed E-state index contributed by atoms with van der Waals surface area (Å²) in [5.74, 6) is 0.434. The summed E-state index contributed by atoms with van der Waals surface area (Å²) in [4.78, 5) is 11.5. The maximum atomic E-state index is 11.5. The van der Waals surface area contributed by atoms with Crippen LogP contribution in [0.5, 0.6) is 0 Å². The maximum Gasteiger partial charge on any atom is 0.141 e. The molecular weight excluding hydrogens is 164 g/mol. The summed E-state index contributed by atoms with van der Waals surface area (Å²) < 4.78 is 1.72. The van der Waals surface area contributed by atoms with Crippen molar-refractivity contribution in [2.75, 3.05) is 0 Å². The molecule has 72 valence electrons. The summed E-state index contributed by atoms with van der Waals surface area (Å²) in [6.07, 6.45) is 3.24. The number of ketones is 1. The molecule has 1 aromatic heterocycles. The number of carbonyl (C=O) groups is 1. The third-order valence-corrected chi connectivity index (χ3v) is 2.29. The van der Waals surface area contributed by atoms with Crippen molar-refractivity contribution in [1.82, 2.24) is 9.78 Å². The quantitative estimate of drug-likeness (QED) is 0.705.